The van der Waals surface area contributed by atoms with Crippen molar-refractivity contribution in [1.29, 1.82) is 0 Å². The summed E-state index contributed by atoms with van der Waals surface area (Å²) >= 11 is 0. The molecule has 3 aromatic rings. The van der Waals surface area contributed by atoms with Crippen molar-refractivity contribution in [2.75, 3.05) is 6.79 Å². The zero-order chi connectivity index (χ0) is 14.9. The van der Waals surface area contributed by atoms with E-state index < -0.39 is 5.97 Å². The predicted octanol–water partition coefficient (Wildman–Crippen LogP) is 2.91. The Morgan fingerprint density at radius 3 is 2.91 bits per heavy atom. The number of aromatic nitrogens is 1. The fraction of sp³-hybridized carbons (Fsp3) is 0.125. The Bertz CT molecular complexity index is 822. The van der Waals surface area contributed by atoms with Crippen molar-refractivity contribution >= 4 is 17.1 Å². The number of rotatable bonds is 3. The minimum atomic E-state index is -0.472. The summed E-state index contributed by atoms with van der Waals surface area (Å²) in [4.78, 5) is 16.3. The molecule has 1 aliphatic rings. The Balaban J connectivity index is 1.47. The van der Waals surface area contributed by atoms with E-state index in [1.807, 2.05) is 24.3 Å². The minimum absolute atomic E-state index is 0.0258. The first-order valence-electron chi connectivity index (χ1n) is 6.71. The lowest BCUT2D eigenvalue weighted by Crippen LogP contribution is -2.05. The number of carbonyl (C=O) groups excluding carboxylic acids is 1. The van der Waals surface area contributed by atoms with Gasteiger partial charge < -0.3 is 18.6 Å². The molecule has 0 bridgehead atoms. The second-order valence-electron chi connectivity index (χ2n) is 4.72. The lowest BCUT2D eigenvalue weighted by Gasteiger charge is -2.03. The summed E-state index contributed by atoms with van der Waals surface area (Å²) in [6.07, 6.45) is 0. The van der Waals surface area contributed by atoms with Gasteiger partial charge in [-0.05, 0) is 30.3 Å². The van der Waals surface area contributed by atoms with E-state index in [0.29, 0.717) is 28.5 Å². The molecule has 2 aromatic carbocycles. The molecule has 110 valence electrons. The molecule has 2 heterocycles. The molecule has 0 aliphatic carbocycles. The fourth-order valence-electron chi connectivity index (χ4n) is 2.22. The standard InChI is InChI=1S/C16H11NO5/c18-16(10-5-6-13-14(7-10)21-9-20-13)19-8-15-17-11-3-1-2-4-12(11)22-15/h1-7H,8-9H2. The van der Waals surface area contributed by atoms with Crippen molar-refractivity contribution in [3.8, 4) is 11.5 Å². The summed E-state index contributed by atoms with van der Waals surface area (Å²) in [6, 6.07) is 12.3. The summed E-state index contributed by atoms with van der Waals surface area (Å²) in [6.45, 7) is 0.138. The monoisotopic (exact) mass is 297 g/mol. The van der Waals surface area contributed by atoms with E-state index in [1.165, 1.54) is 0 Å². The number of esters is 1. The van der Waals surface area contributed by atoms with E-state index in [2.05, 4.69) is 4.98 Å². The number of ether oxygens (including phenoxy) is 3. The van der Waals surface area contributed by atoms with Gasteiger partial charge >= 0.3 is 5.97 Å². The second kappa shape index (κ2) is 5.07. The molecule has 1 aliphatic heterocycles. The molecule has 0 amide bonds. The van der Waals surface area contributed by atoms with E-state index in [9.17, 15) is 4.79 Å². The maximum Gasteiger partial charge on any atom is 0.338 e. The van der Waals surface area contributed by atoms with E-state index in [1.54, 1.807) is 18.2 Å². The summed E-state index contributed by atoms with van der Waals surface area (Å²) in [5.74, 6) is 1.04. The average Bonchev–Trinajstić information content (AvgIpc) is 3.17. The zero-order valence-electron chi connectivity index (χ0n) is 11.4. The predicted molar refractivity (Wildman–Crippen MR) is 75.7 cm³/mol. The lowest BCUT2D eigenvalue weighted by molar-refractivity contribution is 0.0440. The Kier molecular flexibility index (Phi) is 2.93. The van der Waals surface area contributed by atoms with Crippen LogP contribution in [0.1, 0.15) is 16.2 Å². The van der Waals surface area contributed by atoms with E-state index in [4.69, 9.17) is 18.6 Å². The quantitative estimate of drug-likeness (QED) is 0.692. The molecule has 1 aromatic heterocycles. The highest BCUT2D eigenvalue weighted by atomic mass is 16.7. The molecule has 0 unspecified atom stereocenters. The molecule has 0 saturated heterocycles. The molecular formula is C16H11NO5. The van der Waals surface area contributed by atoms with Crippen LogP contribution in [0, 0.1) is 0 Å². The van der Waals surface area contributed by atoms with E-state index >= 15 is 0 Å². The molecule has 4 rings (SSSR count). The number of carbonyl (C=O) groups is 1. The van der Waals surface area contributed by atoms with Crippen molar-refractivity contribution < 1.29 is 23.4 Å². The van der Waals surface area contributed by atoms with E-state index in [-0.39, 0.29) is 13.4 Å². The lowest BCUT2D eigenvalue weighted by atomic mass is 10.2. The van der Waals surface area contributed by atoms with Gasteiger partial charge in [-0.1, -0.05) is 12.1 Å². The van der Waals surface area contributed by atoms with Gasteiger partial charge in [0.25, 0.3) is 0 Å². The third kappa shape index (κ3) is 2.24. The van der Waals surface area contributed by atoms with Gasteiger partial charge in [0, 0.05) is 0 Å². The second-order valence-corrected chi connectivity index (χ2v) is 4.72. The zero-order valence-corrected chi connectivity index (χ0v) is 11.4. The Hall–Kier alpha value is -3.02. The largest absolute Gasteiger partial charge is 0.454 e. The van der Waals surface area contributed by atoms with Crippen LogP contribution < -0.4 is 9.47 Å². The normalized spacial score (nSPS) is 12.5. The van der Waals surface area contributed by atoms with Crippen LogP contribution in [0.25, 0.3) is 11.1 Å². The van der Waals surface area contributed by atoms with Crippen LogP contribution in [0.3, 0.4) is 0 Å². The van der Waals surface area contributed by atoms with Crippen molar-refractivity contribution in [1.82, 2.24) is 4.98 Å². The molecule has 0 saturated carbocycles. The first kappa shape index (κ1) is 12.7. The van der Waals surface area contributed by atoms with Gasteiger partial charge in [0.1, 0.15) is 5.52 Å². The topological polar surface area (TPSA) is 70.8 Å². The van der Waals surface area contributed by atoms with Crippen molar-refractivity contribution in [3.63, 3.8) is 0 Å². The number of oxazole rings is 1. The smallest absolute Gasteiger partial charge is 0.338 e. The average molecular weight is 297 g/mol. The van der Waals surface area contributed by atoms with Crippen LogP contribution in [-0.4, -0.2) is 17.7 Å². The molecule has 0 atom stereocenters. The summed E-state index contributed by atoms with van der Waals surface area (Å²) < 4.78 is 21.1. The molecule has 0 spiro atoms. The maximum absolute atomic E-state index is 12.0. The molecule has 22 heavy (non-hydrogen) atoms. The van der Waals surface area contributed by atoms with Crippen LogP contribution in [0.5, 0.6) is 11.5 Å². The number of benzene rings is 2. The molecular weight excluding hydrogens is 286 g/mol. The van der Waals surface area contributed by atoms with Crippen molar-refractivity contribution in [3.05, 3.63) is 53.9 Å². The molecule has 0 N–H and O–H groups in total. The minimum Gasteiger partial charge on any atom is -0.454 e. The van der Waals surface area contributed by atoms with Crippen LogP contribution in [0.2, 0.25) is 0 Å². The maximum atomic E-state index is 12.0. The summed E-state index contributed by atoms with van der Waals surface area (Å²) in [5, 5.41) is 0. The first-order valence-corrected chi connectivity index (χ1v) is 6.71. The van der Waals surface area contributed by atoms with Crippen molar-refractivity contribution in [2.24, 2.45) is 0 Å². The van der Waals surface area contributed by atoms with Gasteiger partial charge in [-0.15, -0.1) is 0 Å². The number of hydrogen-bond acceptors (Lipinski definition) is 6. The number of para-hydroxylation sites is 2. The fourth-order valence-corrected chi connectivity index (χ4v) is 2.22. The highest BCUT2D eigenvalue weighted by molar-refractivity contribution is 5.90. The number of nitrogens with zero attached hydrogens (tertiary/aromatic N) is 1. The molecule has 0 fully saturated rings. The van der Waals surface area contributed by atoms with Crippen LogP contribution in [0.15, 0.2) is 46.9 Å². The SMILES string of the molecule is O=C(OCc1nc2ccccc2o1)c1ccc2c(c1)OCO2. The highest BCUT2D eigenvalue weighted by Crippen LogP contribution is 2.32. The van der Waals surface area contributed by atoms with Gasteiger partial charge in [-0.2, -0.15) is 0 Å². The molecule has 6 heteroatoms. The van der Waals surface area contributed by atoms with Gasteiger partial charge in [0.2, 0.25) is 12.7 Å². The van der Waals surface area contributed by atoms with Crippen molar-refractivity contribution in [2.45, 2.75) is 6.61 Å². The van der Waals surface area contributed by atoms with Crippen LogP contribution in [-0.2, 0) is 11.3 Å². The molecule has 0 radical (unpaired) electrons. The Morgan fingerprint density at radius 2 is 2.00 bits per heavy atom. The van der Waals surface area contributed by atoms with E-state index in [0.717, 1.165) is 5.52 Å². The highest BCUT2D eigenvalue weighted by Gasteiger charge is 2.17. The third-order valence-electron chi connectivity index (χ3n) is 3.27. The number of fused-ring (bicyclic) bond motifs is 2. The Labute approximate surface area is 125 Å². The third-order valence-corrected chi connectivity index (χ3v) is 3.27. The van der Waals surface area contributed by atoms with Gasteiger partial charge in [0.05, 0.1) is 5.56 Å². The van der Waals surface area contributed by atoms with Gasteiger partial charge in [-0.25, -0.2) is 9.78 Å². The van der Waals surface area contributed by atoms with Gasteiger partial charge in [-0.3, -0.25) is 0 Å². The van der Waals surface area contributed by atoms with Crippen LogP contribution >= 0.6 is 0 Å². The summed E-state index contributed by atoms with van der Waals surface area (Å²) in [5.41, 5.74) is 1.79. The molecule has 6 nitrogen and oxygen atoms in total. The summed E-state index contributed by atoms with van der Waals surface area (Å²) in [7, 11) is 0. The Morgan fingerprint density at radius 1 is 1.14 bits per heavy atom. The first-order chi connectivity index (χ1) is 10.8. The van der Waals surface area contributed by atoms with Crippen LogP contribution in [0.4, 0.5) is 0 Å². The number of hydrogen-bond donors (Lipinski definition) is 0. The van der Waals surface area contributed by atoms with Gasteiger partial charge in [0.15, 0.2) is 23.7 Å².